The van der Waals surface area contributed by atoms with Crippen LogP contribution < -0.4 is 5.32 Å². The quantitative estimate of drug-likeness (QED) is 0.440. The van der Waals surface area contributed by atoms with Crippen LogP contribution in [0.4, 0.5) is 0 Å². The minimum Gasteiger partial charge on any atom is -0.356 e. The predicted octanol–water partition coefficient (Wildman–Crippen LogP) is 3.66. The number of hydrogen-bond acceptors (Lipinski definition) is 1. The van der Waals surface area contributed by atoms with E-state index in [9.17, 15) is 4.79 Å². The molecule has 1 amide bonds. The van der Waals surface area contributed by atoms with Crippen LogP contribution in [0.1, 0.15) is 78.1 Å². The Hall–Kier alpha value is 0.470. The van der Waals surface area contributed by atoms with Gasteiger partial charge in [-0.2, -0.15) is 0 Å². The van der Waals surface area contributed by atoms with Gasteiger partial charge in [0.05, 0.1) is 0 Å². The van der Waals surface area contributed by atoms with Crippen molar-refractivity contribution in [3.8, 4) is 0 Å². The van der Waals surface area contributed by atoms with Gasteiger partial charge >= 0.3 is 0 Å². The predicted molar refractivity (Wildman–Crippen MR) is 76.3 cm³/mol. The number of unbranched alkanes of at least 4 members (excludes halogenated alkanes) is 8. The Kier molecular flexibility index (Phi) is 19.2. The molecule has 0 aliphatic rings. The van der Waals surface area contributed by atoms with Gasteiger partial charge in [0.25, 0.3) is 0 Å². The van der Waals surface area contributed by atoms with Gasteiger partial charge in [-0.25, -0.2) is 0 Å². The Labute approximate surface area is 130 Å². The summed E-state index contributed by atoms with van der Waals surface area (Å²) in [6.45, 7) is 4.98. The van der Waals surface area contributed by atoms with E-state index in [2.05, 4.69) is 12.2 Å². The summed E-state index contributed by atoms with van der Waals surface area (Å²) in [6.07, 6.45) is 12.5. The fraction of sp³-hybridized carbons (Fsp3) is 0.929. The number of carbonyl (C=O) groups is 1. The van der Waals surface area contributed by atoms with E-state index in [1.54, 1.807) is 0 Å². The number of hydrogen-bond donors (Lipinski definition) is 1. The molecular weight excluding hydrogens is 221 g/mol. The first-order valence-corrected chi connectivity index (χ1v) is 7.08. The first-order valence-electron chi connectivity index (χ1n) is 7.08. The fourth-order valence-corrected chi connectivity index (χ4v) is 1.88. The van der Waals surface area contributed by atoms with Crippen molar-refractivity contribution in [2.24, 2.45) is 0 Å². The third-order valence-electron chi connectivity index (χ3n) is 2.88. The van der Waals surface area contributed by atoms with Crippen LogP contribution in [0.2, 0.25) is 0 Å². The number of amides is 1. The molecule has 17 heavy (non-hydrogen) atoms. The van der Waals surface area contributed by atoms with Crippen LogP contribution in [0.5, 0.6) is 0 Å². The summed E-state index contributed by atoms with van der Waals surface area (Å²) in [5, 5.41) is 2.83. The molecule has 2 nitrogen and oxygen atoms in total. The molecular formula is C14H29NNaO. The first kappa shape index (κ1) is 19.8. The second kappa shape index (κ2) is 16.5. The van der Waals surface area contributed by atoms with E-state index in [1.165, 1.54) is 51.4 Å². The zero-order valence-corrected chi connectivity index (χ0v) is 14.2. The number of nitrogens with one attached hydrogen (secondary N) is 1. The Balaban J connectivity index is 0. The van der Waals surface area contributed by atoms with Crippen molar-refractivity contribution < 1.29 is 4.79 Å². The molecule has 0 atom stereocenters. The molecule has 0 aliphatic heterocycles. The van der Waals surface area contributed by atoms with Gasteiger partial charge in [-0.05, 0) is 13.3 Å². The molecule has 0 unspecified atom stereocenters. The first-order chi connectivity index (χ1) is 7.81. The smallest absolute Gasteiger partial charge is 0.219 e. The van der Waals surface area contributed by atoms with Gasteiger partial charge in [-0.1, -0.05) is 58.3 Å². The van der Waals surface area contributed by atoms with Crippen molar-refractivity contribution in [1.82, 2.24) is 5.32 Å². The third-order valence-corrected chi connectivity index (χ3v) is 2.88. The molecule has 1 N–H and O–H groups in total. The van der Waals surface area contributed by atoms with Crippen LogP contribution >= 0.6 is 0 Å². The minimum absolute atomic E-state index is 0. The molecule has 97 valence electrons. The molecule has 0 aliphatic carbocycles. The summed E-state index contributed by atoms with van der Waals surface area (Å²) in [5.41, 5.74) is 0. The second-order valence-electron chi connectivity index (χ2n) is 4.53. The Morgan fingerprint density at radius 3 is 1.76 bits per heavy atom. The van der Waals surface area contributed by atoms with E-state index >= 15 is 0 Å². The third kappa shape index (κ3) is 16.5. The molecule has 0 aromatic carbocycles. The van der Waals surface area contributed by atoms with Gasteiger partial charge < -0.3 is 5.32 Å². The van der Waals surface area contributed by atoms with E-state index in [-0.39, 0.29) is 35.5 Å². The zero-order chi connectivity index (χ0) is 12.1. The molecule has 0 saturated carbocycles. The minimum atomic E-state index is 0. The van der Waals surface area contributed by atoms with Gasteiger partial charge in [-0.15, -0.1) is 0 Å². The summed E-state index contributed by atoms with van der Waals surface area (Å²) in [5.74, 6) is 0.213. The van der Waals surface area contributed by atoms with Crippen molar-refractivity contribution in [3.05, 3.63) is 0 Å². The van der Waals surface area contributed by atoms with Gasteiger partial charge in [0.1, 0.15) is 0 Å². The summed E-state index contributed by atoms with van der Waals surface area (Å²) in [7, 11) is 0. The topological polar surface area (TPSA) is 29.1 Å². The summed E-state index contributed by atoms with van der Waals surface area (Å²) in [4.78, 5) is 11.1. The molecule has 0 aromatic heterocycles. The maximum Gasteiger partial charge on any atom is 0.219 e. The Morgan fingerprint density at radius 2 is 1.29 bits per heavy atom. The summed E-state index contributed by atoms with van der Waals surface area (Å²) in [6, 6.07) is 0. The number of rotatable bonds is 11. The maximum absolute atomic E-state index is 11.1. The monoisotopic (exact) mass is 250 g/mol. The average Bonchev–Trinajstić information content (AvgIpc) is 2.27. The van der Waals surface area contributed by atoms with Crippen LogP contribution in [0.15, 0.2) is 0 Å². The van der Waals surface area contributed by atoms with Crippen molar-refractivity contribution >= 4 is 35.5 Å². The SMILES string of the molecule is CCCCCCCCCCCC(=O)NCC.[Na]. The Bertz CT molecular complexity index is 162. The van der Waals surface area contributed by atoms with Gasteiger partial charge in [-0.3, -0.25) is 4.79 Å². The van der Waals surface area contributed by atoms with E-state index in [0.717, 1.165) is 13.0 Å². The van der Waals surface area contributed by atoms with Crippen LogP contribution in [0.25, 0.3) is 0 Å². The Morgan fingerprint density at radius 1 is 0.824 bits per heavy atom. The van der Waals surface area contributed by atoms with Crippen LogP contribution in [-0.4, -0.2) is 42.0 Å². The van der Waals surface area contributed by atoms with Crippen molar-refractivity contribution in [2.45, 2.75) is 78.1 Å². The van der Waals surface area contributed by atoms with Gasteiger partial charge in [0, 0.05) is 42.5 Å². The van der Waals surface area contributed by atoms with E-state index in [0.29, 0.717) is 6.42 Å². The van der Waals surface area contributed by atoms with Crippen LogP contribution in [-0.2, 0) is 4.79 Å². The molecule has 3 heteroatoms. The molecule has 0 rings (SSSR count). The van der Waals surface area contributed by atoms with Crippen LogP contribution in [0, 0.1) is 0 Å². The van der Waals surface area contributed by atoms with Crippen molar-refractivity contribution in [3.63, 3.8) is 0 Å². The number of carbonyl (C=O) groups excluding carboxylic acids is 1. The molecule has 0 fully saturated rings. The molecule has 0 bridgehead atoms. The average molecular weight is 250 g/mol. The van der Waals surface area contributed by atoms with Crippen molar-refractivity contribution in [2.75, 3.05) is 6.54 Å². The largest absolute Gasteiger partial charge is 0.356 e. The molecule has 0 saturated heterocycles. The molecule has 0 spiro atoms. The van der Waals surface area contributed by atoms with E-state index in [1.807, 2.05) is 6.92 Å². The van der Waals surface area contributed by atoms with Gasteiger partial charge in [0.2, 0.25) is 5.91 Å². The summed E-state index contributed by atoms with van der Waals surface area (Å²) < 4.78 is 0. The van der Waals surface area contributed by atoms with E-state index in [4.69, 9.17) is 0 Å². The van der Waals surface area contributed by atoms with Crippen molar-refractivity contribution in [1.29, 1.82) is 0 Å². The molecule has 1 radical (unpaired) electrons. The standard InChI is InChI=1S/C14H29NO.Na/c1-3-5-6-7-8-9-10-11-12-13-14(16)15-4-2;/h3-13H2,1-2H3,(H,15,16);. The fourth-order valence-electron chi connectivity index (χ4n) is 1.88. The molecule has 0 heterocycles. The molecule has 0 aromatic rings. The normalized spacial score (nSPS) is 9.76. The second-order valence-corrected chi connectivity index (χ2v) is 4.53. The summed E-state index contributed by atoms with van der Waals surface area (Å²) >= 11 is 0. The van der Waals surface area contributed by atoms with Gasteiger partial charge in [0.15, 0.2) is 0 Å². The van der Waals surface area contributed by atoms with Crippen LogP contribution in [0.3, 0.4) is 0 Å². The zero-order valence-electron chi connectivity index (χ0n) is 12.2. The van der Waals surface area contributed by atoms with E-state index < -0.39 is 0 Å². The maximum atomic E-state index is 11.1.